The summed E-state index contributed by atoms with van der Waals surface area (Å²) < 4.78 is 0. The Morgan fingerprint density at radius 2 is 1.62 bits per heavy atom. The first-order valence-corrected chi connectivity index (χ1v) is 9.57. The number of carbonyl (C=O) groups excluding carboxylic acids is 1. The maximum absolute atomic E-state index is 13.0. The maximum atomic E-state index is 13.0. The van der Waals surface area contributed by atoms with Crippen molar-refractivity contribution in [3.8, 4) is 0 Å². The molecule has 2 aliphatic carbocycles. The topological polar surface area (TPSA) is 60.9 Å². The molecule has 2 fully saturated rings. The molecule has 1 heterocycles. The van der Waals surface area contributed by atoms with Crippen LogP contribution in [0.1, 0.15) is 12.0 Å². The molecule has 0 unspecified atom stereocenters. The number of rotatable bonds is 4. The average molecular weight is 375 g/mol. The summed E-state index contributed by atoms with van der Waals surface area (Å²) in [4.78, 5) is 28.8. The number of halogens is 1. The number of carboxylic acids is 1. The molecule has 1 aromatic carbocycles. The molecule has 2 bridgehead atoms. The van der Waals surface area contributed by atoms with Crippen LogP contribution in [0.25, 0.3) is 0 Å². The third-order valence-electron chi connectivity index (χ3n) is 6.03. The molecule has 1 N–H and O–H groups in total. The number of fused-ring (bicyclic) bond motifs is 2. The minimum Gasteiger partial charge on any atom is -0.481 e. The summed E-state index contributed by atoms with van der Waals surface area (Å²) in [7, 11) is 0. The summed E-state index contributed by atoms with van der Waals surface area (Å²) >= 11 is 5.93. The van der Waals surface area contributed by atoms with Crippen molar-refractivity contribution in [2.24, 2.45) is 23.7 Å². The number of aliphatic carboxylic acids is 1. The predicted octanol–water partition coefficient (Wildman–Crippen LogP) is 2.51. The van der Waals surface area contributed by atoms with Crippen molar-refractivity contribution in [2.75, 3.05) is 26.2 Å². The number of nitrogens with zero attached hydrogens (tertiary/aromatic N) is 2. The highest BCUT2D eigenvalue weighted by molar-refractivity contribution is 6.30. The molecule has 3 aliphatic rings. The van der Waals surface area contributed by atoms with Gasteiger partial charge in [-0.25, -0.2) is 0 Å². The minimum absolute atomic E-state index is 0.0256. The number of benzene rings is 1. The van der Waals surface area contributed by atoms with Crippen molar-refractivity contribution in [3.05, 3.63) is 47.0 Å². The SMILES string of the molecule is O=C(O)[C@H]1[C@@H](C(=O)N2CCN(Cc3ccc(Cl)cc3)CC2)[C@H]2C=C[C@@H]1C2. The highest BCUT2D eigenvalue weighted by atomic mass is 35.5. The third-order valence-corrected chi connectivity index (χ3v) is 6.28. The number of piperazine rings is 1. The van der Waals surface area contributed by atoms with E-state index in [0.717, 1.165) is 31.1 Å². The van der Waals surface area contributed by atoms with Gasteiger partial charge in [0.15, 0.2) is 0 Å². The van der Waals surface area contributed by atoms with Gasteiger partial charge in [0.2, 0.25) is 5.91 Å². The number of carbonyl (C=O) groups is 2. The van der Waals surface area contributed by atoms with Gasteiger partial charge in [0.25, 0.3) is 0 Å². The molecule has 1 aliphatic heterocycles. The molecule has 1 aromatic rings. The molecule has 4 atom stereocenters. The van der Waals surface area contributed by atoms with Crippen LogP contribution in [0.3, 0.4) is 0 Å². The fourth-order valence-electron chi connectivity index (χ4n) is 4.68. The average Bonchev–Trinajstić information content (AvgIpc) is 3.25. The molecule has 6 heteroatoms. The smallest absolute Gasteiger partial charge is 0.307 e. The van der Waals surface area contributed by atoms with E-state index in [1.807, 2.05) is 41.3 Å². The first-order chi connectivity index (χ1) is 12.5. The van der Waals surface area contributed by atoms with Crippen molar-refractivity contribution in [1.29, 1.82) is 0 Å². The van der Waals surface area contributed by atoms with E-state index >= 15 is 0 Å². The van der Waals surface area contributed by atoms with E-state index in [9.17, 15) is 14.7 Å². The van der Waals surface area contributed by atoms with Crippen LogP contribution in [0.2, 0.25) is 5.02 Å². The molecule has 138 valence electrons. The number of hydrogen-bond donors (Lipinski definition) is 1. The second-order valence-corrected chi connectivity index (χ2v) is 8.00. The van der Waals surface area contributed by atoms with E-state index < -0.39 is 11.9 Å². The Morgan fingerprint density at radius 1 is 1.00 bits per heavy atom. The number of carboxylic acid groups (broad SMARTS) is 1. The van der Waals surface area contributed by atoms with Gasteiger partial charge >= 0.3 is 5.97 Å². The Labute approximate surface area is 158 Å². The van der Waals surface area contributed by atoms with E-state index in [0.29, 0.717) is 13.1 Å². The quantitative estimate of drug-likeness (QED) is 0.822. The molecule has 26 heavy (non-hydrogen) atoms. The van der Waals surface area contributed by atoms with Crippen LogP contribution in [0.15, 0.2) is 36.4 Å². The van der Waals surface area contributed by atoms with Gasteiger partial charge in [0.05, 0.1) is 11.8 Å². The summed E-state index contributed by atoms with van der Waals surface area (Å²) in [5, 5.41) is 10.3. The van der Waals surface area contributed by atoms with Crippen LogP contribution in [0, 0.1) is 23.7 Å². The molecule has 0 radical (unpaired) electrons. The largest absolute Gasteiger partial charge is 0.481 e. The van der Waals surface area contributed by atoms with Gasteiger partial charge in [-0.05, 0) is 36.0 Å². The second-order valence-electron chi connectivity index (χ2n) is 7.57. The summed E-state index contributed by atoms with van der Waals surface area (Å²) in [6.45, 7) is 3.78. The summed E-state index contributed by atoms with van der Waals surface area (Å²) in [5.74, 6) is -1.62. The second kappa shape index (κ2) is 7.05. The normalized spacial score (nSPS) is 30.7. The molecule has 4 rings (SSSR count). The van der Waals surface area contributed by atoms with Crippen LogP contribution < -0.4 is 0 Å². The lowest BCUT2D eigenvalue weighted by atomic mass is 9.82. The van der Waals surface area contributed by atoms with Gasteiger partial charge in [-0.1, -0.05) is 35.9 Å². The van der Waals surface area contributed by atoms with Gasteiger partial charge in [0, 0.05) is 37.7 Å². The van der Waals surface area contributed by atoms with Gasteiger partial charge in [-0.2, -0.15) is 0 Å². The van der Waals surface area contributed by atoms with E-state index in [2.05, 4.69) is 4.90 Å². The van der Waals surface area contributed by atoms with Gasteiger partial charge in [-0.15, -0.1) is 0 Å². The Hall–Kier alpha value is -1.85. The Bertz CT molecular complexity index is 725. The van der Waals surface area contributed by atoms with E-state index in [1.54, 1.807) is 0 Å². The van der Waals surface area contributed by atoms with Crippen LogP contribution >= 0.6 is 11.6 Å². The molecular formula is C20H23ClN2O3. The molecule has 5 nitrogen and oxygen atoms in total. The summed E-state index contributed by atoms with van der Waals surface area (Å²) in [5.41, 5.74) is 1.21. The number of allylic oxidation sites excluding steroid dienone is 2. The molecule has 1 amide bonds. The van der Waals surface area contributed by atoms with Crippen molar-refractivity contribution in [2.45, 2.75) is 13.0 Å². The summed E-state index contributed by atoms with van der Waals surface area (Å²) in [6, 6.07) is 7.84. The van der Waals surface area contributed by atoms with Crippen molar-refractivity contribution in [3.63, 3.8) is 0 Å². The lowest BCUT2D eigenvalue weighted by Gasteiger charge is -2.37. The lowest BCUT2D eigenvalue weighted by Crippen LogP contribution is -2.52. The van der Waals surface area contributed by atoms with Crippen LogP contribution in [0.4, 0.5) is 0 Å². The fraction of sp³-hybridized carbons (Fsp3) is 0.500. The van der Waals surface area contributed by atoms with E-state index in [-0.39, 0.29) is 23.7 Å². The van der Waals surface area contributed by atoms with Crippen LogP contribution in [0.5, 0.6) is 0 Å². The molecular weight excluding hydrogens is 352 g/mol. The van der Waals surface area contributed by atoms with Crippen LogP contribution in [-0.2, 0) is 16.1 Å². The predicted molar refractivity (Wildman–Crippen MR) is 98.7 cm³/mol. The fourth-order valence-corrected chi connectivity index (χ4v) is 4.81. The maximum Gasteiger partial charge on any atom is 0.307 e. The highest BCUT2D eigenvalue weighted by Gasteiger charge is 2.52. The Balaban J connectivity index is 1.36. The van der Waals surface area contributed by atoms with Crippen LogP contribution in [-0.4, -0.2) is 53.0 Å². The first kappa shape index (κ1) is 17.6. The van der Waals surface area contributed by atoms with Gasteiger partial charge in [-0.3, -0.25) is 14.5 Å². The van der Waals surface area contributed by atoms with Crippen molar-refractivity contribution < 1.29 is 14.7 Å². The van der Waals surface area contributed by atoms with Gasteiger partial charge in [0.1, 0.15) is 0 Å². The highest BCUT2D eigenvalue weighted by Crippen LogP contribution is 2.48. The van der Waals surface area contributed by atoms with Crippen molar-refractivity contribution >= 4 is 23.5 Å². The number of hydrogen-bond acceptors (Lipinski definition) is 3. The Morgan fingerprint density at radius 3 is 2.23 bits per heavy atom. The first-order valence-electron chi connectivity index (χ1n) is 9.19. The molecule has 1 saturated heterocycles. The van der Waals surface area contributed by atoms with Crippen molar-refractivity contribution in [1.82, 2.24) is 9.80 Å². The Kier molecular flexibility index (Phi) is 4.76. The summed E-state index contributed by atoms with van der Waals surface area (Å²) in [6.07, 6.45) is 4.84. The monoisotopic (exact) mass is 374 g/mol. The zero-order chi connectivity index (χ0) is 18.3. The minimum atomic E-state index is -0.832. The number of amides is 1. The zero-order valence-electron chi connectivity index (χ0n) is 14.6. The molecule has 1 saturated carbocycles. The molecule has 0 aromatic heterocycles. The van der Waals surface area contributed by atoms with E-state index in [1.165, 1.54) is 5.56 Å². The van der Waals surface area contributed by atoms with Gasteiger partial charge < -0.3 is 10.0 Å². The van der Waals surface area contributed by atoms with E-state index in [4.69, 9.17) is 11.6 Å². The lowest BCUT2D eigenvalue weighted by molar-refractivity contribution is -0.151. The molecule has 0 spiro atoms. The standard InChI is InChI=1S/C20H23ClN2O3/c21-16-5-1-13(2-6-16)12-22-7-9-23(10-8-22)19(24)17-14-3-4-15(11-14)18(17)20(25)26/h1-6,14-15,17-18H,7-12H2,(H,25,26)/t14-,15+,17-,18+/m0/s1. The third kappa shape index (κ3) is 3.26. The zero-order valence-corrected chi connectivity index (χ0v) is 15.3.